The van der Waals surface area contributed by atoms with Crippen molar-refractivity contribution in [2.24, 2.45) is 5.41 Å². The molecule has 0 aliphatic heterocycles. The molecule has 1 aromatic rings. The Morgan fingerprint density at radius 3 is 2.88 bits per heavy atom. The third-order valence-corrected chi connectivity index (χ3v) is 3.43. The zero-order chi connectivity index (χ0) is 11.6. The first-order valence-electron chi connectivity index (χ1n) is 5.74. The minimum Gasteiger partial charge on any atom is -0.481 e. The van der Waals surface area contributed by atoms with Crippen LogP contribution in [0.3, 0.4) is 0 Å². The van der Waals surface area contributed by atoms with Gasteiger partial charge >= 0.3 is 0 Å². The molecule has 1 heterocycles. The highest BCUT2D eigenvalue weighted by Gasteiger charge is 2.34. The van der Waals surface area contributed by atoms with Crippen LogP contribution in [0.1, 0.15) is 33.1 Å². The van der Waals surface area contributed by atoms with Crippen LogP contribution < -0.4 is 10.1 Å². The molecule has 1 fully saturated rings. The number of hydrogen-bond acceptors (Lipinski definition) is 4. The van der Waals surface area contributed by atoms with E-state index in [2.05, 4.69) is 29.1 Å². The molecule has 1 aromatic heterocycles. The molecule has 88 valence electrons. The van der Waals surface area contributed by atoms with Gasteiger partial charge in [0.05, 0.1) is 7.11 Å². The quantitative estimate of drug-likeness (QED) is 0.851. The maximum absolute atomic E-state index is 5.08. The van der Waals surface area contributed by atoms with Crippen LogP contribution in [0, 0.1) is 5.41 Å². The number of ether oxygens (including phenoxy) is 1. The lowest BCUT2D eigenvalue weighted by Crippen LogP contribution is -2.31. The van der Waals surface area contributed by atoms with Gasteiger partial charge in [-0.2, -0.15) is 0 Å². The Hall–Kier alpha value is -1.32. The van der Waals surface area contributed by atoms with Gasteiger partial charge in [-0.1, -0.05) is 20.3 Å². The lowest BCUT2D eigenvalue weighted by Gasteiger charge is -2.28. The van der Waals surface area contributed by atoms with Crippen LogP contribution in [0.15, 0.2) is 12.4 Å². The van der Waals surface area contributed by atoms with Gasteiger partial charge < -0.3 is 10.1 Å². The van der Waals surface area contributed by atoms with Gasteiger partial charge in [0, 0.05) is 12.1 Å². The molecule has 1 N–H and O–H groups in total. The highest BCUT2D eigenvalue weighted by Crippen LogP contribution is 2.38. The molecule has 0 amide bonds. The fraction of sp³-hybridized carbons (Fsp3) is 0.667. The van der Waals surface area contributed by atoms with Gasteiger partial charge in [0.2, 0.25) is 5.88 Å². The Labute approximate surface area is 96.4 Å². The number of hydrogen-bond donors (Lipinski definition) is 1. The van der Waals surface area contributed by atoms with E-state index in [4.69, 9.17) is 4.74 Å². The summed E-state index contributed by atoms with van der Waals surface area (Å²) in [6.07, 6.45) is 5.29. The molecule has 1 atom stereocenters. The van der Waals surface area contributed by atoms with E-state index in [1.165, 1.54) is 25.6 Å². The molecule has 1 unspecified atom stereocenters. The van der Waals surface area contributed by atoms with Crippen LogP contribution in [0.4, 0.5) is 5.82 Å². The molecule has 1 aliphatic rings. The Bertz CT molecular complexity index is 365. The van der Waals surface area contributed by atoms with E-state index in [1.54, 1.807) is 7.11 Å². The van der Waals surface area contributed by atoms with Crippen LogP contribution in [0.5, 0.6) is 5.88 Å². The average molecular weight is 221 g/mol. The van der Waals surface area contributed by atoms with Gasteiger partial charge in [-0.25, -0.2) is 9.97 Å². The molecule has 2 rings (SSSR count). The van der Waals surface area contributed by atoms with Crippen LogP contribution in [0.25, 0.3) is 0 Å². The highest BCUT2D eigenvalue weighted by molar-refractivity contribution is 5.38. The van der Waals surface area contributed by atoms with E-state index in [0.717, 1.165) is 5.82 Å². The molecule has 1 aliphatic carbocycles. The average Bonchev–Trinajstić information content (AvgIpc) is 2.59. The van der Waals surface area contributed by atoms with Crippen molar-refractivity contribution in [1.29, 1.82) is 0 Å². The molecule has 0 saturated heterocycles. The summed E-state index contributed by atoms with van der Waals surface area (Å²) in [6.45, 7) is 4.60. The van der Waals surface area contributed by atoms with Crippen molar-refractivity contribution in [2.45, 2.75) is 39.2 Å². The summed E-state index contributed by atoms with van der Waals surface area (Å²) < 4.78 is 5.08. The number of aromatic nitrogens is 2. The summed E-state index contributed by atoms with van der Waals surface area (Å²) in [5.74, 6) is 1.46. The second-order valence-electron chi connectivity index (χ2n) is 5.02. The number of rotatable bonds is 3. The SMILES string of the molecule is COc1cc(NC2CCCC2(C)C)ncn1. The second kappa shape index (κ2) is 4.28. The van der Waals surface area contributed by atoms with Gasteiger partial charge in [-0.05, 0) is 18.3 Å². The van der Waals surface area contributed by atoms with Gasteiger partial charge in [0.15, 0.2) is 0 Å². The number of nitrogens with one attached hydrogen (secondary N) is 1. The molecular formula is C12H19N3O. The summed E-state index contributed by atoms with van der Waals surface area (Å²) in [6, 6.07) is 2.33. The van der Waals surface area contributed by atoms with Crippen molar-refractivity contribution in [3.63, 3.8) is 0 Å². The fourth-order valence-electron chi connectivity index (χ4n) is 2.30. The van der Waals surface area contributed by atoms with Gasteiger partial charge in [-0.3, -0.25) is 0 Å². The van der Waals surface area contributed by atoms with Crippen molar-refractivity contribution in [2.75, 3.05) is 12.4 Å². The zero-order valence-electron chi connectivity index (χ0n) is 10.2. The van der Waals surface area contributed by atoms with Crippen LogP contribution >= 0.6 is 0 Å². The van der Waals surface area contributed by atoms with Gasteiger partial charge in [0.25, 0.3) is 0 Å². The molecule has 16 heavy (non-hydrogen) atoms. The fourth-order valence-corrected chi connectivity index (χ4v) is 2.30. The Morgan fingerprint density at radius 2 is 2.25 bits per heavy atom. The predicted octanol–water partition coefficient (Wildman–Crippen LogP) is 2.48. The largest absolute Gasteiger partial charge is 0.481 e. The van der Waals surface area contributed by atoms with E-state index >= 15 is 0 Å². The highest BCUT2D eigenvalue weighted by atomic mass is 16.5. The molecule has 1 saturated carbocycles. The lowest BCUT2D eigenvalue weighted by molar-refractivity contribution is 0.349. The van der Waals surface area contributed by atoms with Crippen LogP contribution in [-0.2, 0) is 0 Å². The van der Waals surface area contributed by atoms with Gasteiger partial charge in [0.1, 0.15) is 12.1 Å². The summed E-state index contributed by atoms with van der Waals surface area (Å²) >= 11 is 0. The molecule has 0 spiro atoms. The summed E-state index contributed by atoms with van der Waals surface area (Å²) in [7, 11) is 1.62. The maximum Gasteiger partial charge on any atom is 0.218 e. The van der Waals surface area contributed by atoms with E-state index in [0.29, 0.717) is 17.3 Å². The standard InChI is InChI=1S/C12H19N3O/c1-12(2)6-4-5-9(12)15-10-7-11(16-3)14-8-13-10/h7-9H,4-6H2,1-3H3,(H,13,14,15). The first kappa shape index (κ1) is 11.2. The first-order chi connectivity index (χ1) is 7.62. The topological polar surface area (TPSA) is 47.0 Å². The molecule has 0 radical (unpaired) electrons. The van der Waals surface area contributed by atoms with Crippen molar-refractivity contribution >= 4 is 5.82 Å². The molecule has 4 nitrogen and oxygen atoms in total. The van der Waals surface area contributed by atoms with Crippen LogP contribution in [0.2, 0.25) is 0 Å². The predicted molar refractivity (Wildman–Crippen MR) is 63.6 cm³/mol. The monoisotopic (exact) mass is 221 g/mol. The molecule has 0 aromatic carbocycles. The van der Waals surface area contributed by atoms with Crippen molar-refractivity contribution in [1.82, 2.24) is 9.97 Å². The van der Waals surface area contributed by atoms with E-state index in [-0.39, 0.29) is 0 Å². The smallest absolute Gasteiger partial charge is 0.218 e. The Kier molecular flexibility index (Phi) is 2.99. The van der Waals surface area contributed by atoms with Crippen molar-refractivity contribution < 1.29 is 4.74 Å². The zero-order valence-corrected chi connectivity index (χ0v) is 10.2. The Balaban J connectivity index is 2.08. The van der Waals surface area contributed by atoms with Crippen molar-refractivity contribution in [3.05, 3.63) is 12.4 Å². The van der Waals surface area contributed by atoms with Gasteiger partial charge in [-0.15, -0.1) is 0 Å². The second-order valence-corrected chi connectivity index (χ2v) is 5.02. The lowest BCUT2D eigenvalue weighted by atomic mass is 9.87. The third kappa shape index (κ3) is 2.26. The Morgan fingerprint density at radius 1 is 1.44 bits per heavy atom. The van der Waals surface area contributed by atoms with Crippen molar-refractivity contribution in [3.8, 4) is 5.88 Å². The third-order valence-electron chi connectivity index (χ3n) is 3.43. The first-order valence-corrected chi connectivity index (χ1v) is 5.74. The number of nitrogens with zero attached hydrogens (tertiary/aromatic N) is 2. The van der Waals surface area contributed by atoms with E-state index < -0.39 is 0 Å². The molecular weight excluding hydrogens is 202 g/mol. The van der Waals surface area contributed by atoms with E-state index in [9.17, 15) is 0 Å². The normalized spacial score (nSPS) is 23.1. The molecule has 0 bridgehead atoms. The minimum absolute atomic E-state index is 0.345. The maximum atomic E-state index is 5.08. The summed E-state index contributed by atoms with van der Waals surface area (Å²) in [5.41, 5.74) is 0.345. The number of methoxy groups -OCH3 is 1. The van der Waals surface area contributed by atoms with Crippen LogP contribution in [-0.4, -0.2) is 23.1 Å². The minimum atomic E-state index is 0.345. The summed E-state index contributed by atoms with van der Waals surface area (Å²) in [5, 5.41) is 3.47. The summed E-state index contributed by atoms with van der Waals surface area (Å²) in [4.78, 5) is 8.21. The van der Waals surface area contributed by atoms with E-state index in [1.807, 2.05) is 6.07 Å². The number of anilines is 1. The molecule has 4 heteroatoms.